The lowest BCUT2D eigenvalue weighted by Crippen LogP contribution is -2.35. The van der Waals surface area contributed by atoms with Crippen LogP contribution >= 0.6 is 0 Å². The van der Waals surface area contributed by atoms with Gasteiger partial charge in [0.05, 0.1) is 5.56 Å². The quantitative estimate of drug-likeness (QED) is 0.678. The van der Waals surface area contributed by atoms with Gasteiger partial charge in [-0.2, -0.15) is 13.2 Å². The van der Waals surface area contributed by atoms with Crippen LogP contribution in [0.2, 0.25) is 18.1 Å². The van der Waals surface area contributed by atoms with E-state index >= 15 is 0 Å². The fourth-order valence-corrected chi connectivity index (χ4v) is 5.00. The Kier molecular flexibility index (Phi) is 5.61. The van der Waals surface area contributed by atoms with Crippen LogP contribution in [0.1, 0.15) is 25.0 Å². The summed E-state index contributed by atoms with van der Waals surface area (Å²) < 4.78 is 43.5. The third kappa shape index (κ3) is 4.35. The molecule has 0 spiro atoms. The number of benzene rings is 1. The number of alkyl halides is 3. The van der Waals surface area contributed by atoms with E-state index in [4.69, 9.17) is 4.43 Å². The molecule has 0 atom stereocenters. The van der Waals surface area contributed by atoms with Crippen LogP contribution in [-0.2, 0) is 17.0 Å². The molecule has 0 saturated carbocycles. The summed E-state index contributed by atoms with van der Waals surface area (Å²) >= 11 is 0. The van der Waals surface area contributed by atoms with Gasteiger partial charge in [0.25, 0.3) is 0 Å². The highest BCUT2D eigenvalue weighted by Crippen LogP contribution is 2.30. The Morgan fingerprint density at radius 3 is 2.26 bits per heavy atom. The van der Waals surface area contributed by atoms with Crippen LogP contribution in [0.15, 0.2) is 24.3 Å². The Morgan fingerprint density at radius 1 is 1.16 bits per heavy atom. The van der Waals surface area contributed by atoms with Crippen molar-refractivity contribution in [2.75, 3.05) is 7.11 Å². The van der Waals surface area contributed by atoms with Crippen molar-refractivity contribution >= 4 is 8.32 Å². The molecule has 0 amide bonds. The summed E-state index contributed by atoms with van der Waals surface area (Å²) in [6.45, 7) is 4.21. The number of halogens is 3. The second kappa shape index (κ2) is 6.57. The summed E-state index contributed by atoms with van der Waals surface area (Å²) in [6, 6.07) is 8.47. The summed E-state index contributed by atoms with van der Waals surface area (Å²) in [6.07, 6.45) is -3.60. The Balaban J connectivity index is 2.78. The molecule has 5 heteroatoms. The van der Waals surface area contributed by atoms with Crippen molar-refractivity contribution in [3.05, 3.63) is 35.4 Å². The molecule has 0 aromatic heterocycles. The Labute approximate surface area is 113 Å². The molecule has 0 saturated heterocycles. The Morgan fingerprint density at radius 2 is 1.79 bits per heavy atom. The van der Waals surface area contributed by atoms with Gasteiger partial charge in [-0.3, -0.25) is 0 Å². The van der Waals surface area contributed by atoms with E-state index in [2.05, 4.69) is 13.8 Å². The van der Waals surface area contributed by atoms with Crippen molar-refractivity contribution in [2.24, 2.45) is 0 Å². The van der Waals surface area contributed by atoms with Gasteiger partial charge in [0.1, 0.15) is 0 Å². The van der Waals surface area contributed by atoms with E-state index in [0.29, 0.717) is 6.42 Å². The highest BCUT2D eigenvalue weighted by molar-refractivity contribution is 6.73. The van der Waals surface area contributed by atoms with E-state index in [1.807, 2.05) is 0 Å². The second-order valence-electron chi connectivity index (χ2n) is 4.79. The number of hydrogen-bond donors (Lipinski definition) is 0. The first-order valence-electron chi connectivity index (χ1n) is 6.58. The van der Waals surface area contributed by atoms with E-state index in [9.17, 15) is 13.2 Å². The molecule has 19 heavy (non-hydrogen) atoms. The molecule has 1 aromatic carbocycles. The number of hydrogen-bond acceptors (Lipinski definition) is 1. The lowest BCUT2D eigenvalue weighted by Gasteiger charge is -2.27. The standard InChI is InChI=1S/C14H21F3OSi/c1-4-19(5-2,18-3)10-9-12-7-6-8-13(11-12)14(15,16)17/h6-8,11H,4-5,9-10H2,1-3H3. The van der Waals surface area contributed by atoms with Crippen molar-refractivity contribution in [3.8, 4) is 0 Å². The minimum atomic E-state index is -4.26. The lowest BCUT2D eigenvalue weighted by atomic mass is 10.1. The van der Waals surface area contributed by atoms with Crippen LogP contribution in [0.4, 0.5) is 13.2 Å². The van der Waals surface area contributed by atoms with Gasteiger partial charge in [-0.15, -0.1) is 0 Å². The molecular formula is C14H21F3OSi. The smallest absolute Gasteiger partial charge is 0.416 e. The van der Waals surface area contributed by atoms with Gasteiger partial charge in [0, 0.05) is 7.11 Å². The summed E-state index contributed by atoms with van der Waals surface area (Å²) in [5.41, 5.74) is 0.174. The fourth-order valence-electron chi connectivity index (χ4n) is 2.27. The average Bonchev–Trinajstić information content (AvgIpc) is 2.40. The van der Waals surface area contributed by atoms with Crippen molar-refractivity contribution in [3.63, 3.8) is 0 Å². The van der Waals surface area contributed by atoms with Crippen LogP contribution in [0.3, 0.4) is 0 Å². The zero-order valence-electron chi connectivity index (χ0n) is 11.7. The topological polar surface area (TPSA) is 9.23 Å². The van der Waals surface area contributed by atoms with E-state index in [-0.39, 0.29) is 0 Å². The molecule has 0 aliphatic rings. The molecule has 0 aliphatic heterocycles. The first kappa shape index (κ1) is 16.2. The van der Waals surface area contributed by atoms with E-state index in [1.165, 1.54) is 12.1 Å². The monoisotopic (exact) mass is 290 g/mol. The van der Waals surface area contributed by atoms with Crippen molar-refractivity contribution < 1.29 is 17.6 Å². The highest BCUT2D eigenvalue weighted by atomic mass is 28.4. The van der Waals surface area contributed by atoms with E-state index in [1.54, 1.807) is 13.2 Å². The Bertz CT molecular complexity index is 392. The molecule has 0 bridgehead atoms. The van der Waals surface area contributed by atoms with Gasteiger partial charge >= 0.3 is 6.18 Å². The van der Waals surface area contributed by atoms with Crippen molar-refractivity contribution in [1.29, 1.82) is 0 Å². The maximum atomic E-state index is 12.6. The van der Waals surface area contributed by atoms with Crippen molar-refractivity contribution in [2.45, 2.75) is 44.6 Å². The molecular weight excluding hydrogens is 269 g/mol. The maximum absolute atomic E-state index is 12.6. The van der Waals surface area contributed by atoms with Crippen LogP contribution in [-0.4, -0.2) is 15.4 Å². The predicted molar refractivity (Wildman–Crippen MR) is 73.7 cm³/mol. The van der Waals surface area contributed by atoms with Gasteiger partial charge < -0.3 is 4.43 Å². The summed E-state index contributed by atoms with van der Waals surface area (Å²) in [5.74, 6) is 0. The minimum Gasteiger partial charge on any atom is -0.420 e. The third-order valence-electron chi connectivity index (χ3n) is 3.85. The molecule has 1 aromatic rings. The molecule has 0 fully saturated rings. The Hall–Kier alpha value is -0.813. The van der Waals surface area contributed by atoms with Gasteiger partial charge in [0.15, 0.2) is 8.32 Å². The maximum Gasteiger partial charge on any atom is 0.416 e. The third-order valence-corrected chi connectivity index (χ3v) is 8.45. The second-order valence-corrected chi connectivity index (χ2v) is 9.48. The minimum absolute atomic E-state index is 0.567. The predicted octanol–water partition coefficient (Wildman–Crippen LogP) is 4.88. The summed E-state index contributed by atoms with van der Waals surface area (Å²) in [5, 5.41) is 0. The van der Waals surface area contributed by atoms with Crippen molar-refractivity contribution in [1.82, 2.24) is 0 Å². The number of rotatable bonds is 6. The molecule has 0 heterocycles. The van der Waals surface area contributed by atoms with Gasteiger partial charge in [0.2, 0.25) is 0 Å². The highest BCUT2D eigenvalue weighted by Gasteiger charge is 2.31. The van der Waals surface area contributed by atoms with Gasteiger partial charge in [-0.05, 0) is 36.2 Å². The zero-order valence-corrected chi connectivity index (χ0v) is 12.7. The molecule has 0 unspecified atom stereocenters. The summed E-state index contributed by atoms with van der Waals surface area (Å²) in [7, 11) is -0.0172. The van der Waals surface area contributed by atoms with E-state index < -0.39 is 20.1 Å². The normalized spacial score (nSPS) is 12.7. The molecule has 0 radical (unpaired) electrons. The van der Waals surface area contributed by atoms with Gasteiger partial charge in [-0.25, -0.2) is 0 Å². The molecule has 1 nitrogen and oxygen atoms in total. The van der Waals surface area contributed by atoms with Gasteiger partial charge in [-0.1, -0.05) is 32.0 Å². The molecule has 0 aliphatic carbocycles. The van der Waals surface area contributed by atoms with Crippen LogP contribution in [0.5, 0.6) is 0 Å². The molecule has 108 valence electrons. The van der Waals surface area contributed by atoms with Crippen LogP contribution < -0.4 is 0 Å². The molecule has 0 N–H and O–H groups in total. The lowest BCUT2D eigenvalue weighted by molar-refractivity contribution is -0.137. The SMILES string of the molecule is CC[Si](CC)(CCc1cccc(C(F)(F)F)c1)OC. The van der Waals surface area contributed by atoms with Crippen LogP contribution in [0.25, 0.3) is 0 Å². The summed E-state index contributed by atoms with van der Waals surface area (Å²) in [4.78, 5) is 0. The largest absolute Gasteiger partial charge is 0.420 e. The first-order valence-corrected chi connectivity index (χ1v) is 9.11. The molecule has 1 rings (SSSR count). The fraction of sp³-hybridized carbons (Fsp3) is 0.571. The van der Waals surface area contributed by atoms with Crippen LogP contribution in [0, 0.1) is 0 Å². The zero-order chi connectivity index (χ0) is 14.5. The first-order chi connectivity index (χ1) is 8.87. The average molecular weight is 290 g/mol. The number of aryl methyl sites for hydroxylation is 1. The van der Waals surface area contributed by atoms with E-state index in [0.717, 1.165) is 29.8 Å².